The number of carboxylic acid groups (broad SMARTS) is 2. The molecule has 0 heterocycles. The first-order chi connectivity index (χ1) is 9.19. The fourth-order valence-electron chi connectivity index (χ4n) is 1.59. The van der Waals surface area contributed by atoms with E-state index in [9.17, 15) is 9.59 Å². The van der Waals surface area contributed by atoms with Crippen molar-refractivity contribution in [3.05, 3.63) is 6.42 Å². The molecule has 0 aromatic rings. The van der Waals surface area contributed by atoms with Crippen molar-refractivity contribution < 1.29 is 69.6 Å². The first-order valence-electron chi connectivity index (χ1n) is 7.47. The standard InChI is InChI=1S/C13H27.C3H4O4.Li.Na.H/c1-5-6-7-8-9-10-11-12-13(2,3)4;4-2(5)1-3(6)7;;;/h12H,5-11H2,1-4H3;1H2,(H,4,5)(H,6,7);;;/q-1;;2*+1;-1. The molecule has 0 aliphatic carbocycles. The van der Waals surface area contributed by atoms with Gasteiger partial charge in [-0.15, -0.1) is 0 Å². The van der Waals surface area contributed by atoms with Gasteiger partial charge in [0.05, 0.1) is 0 Å². The van der Waals surface area contributed by atoms with Crippen LogP contribution in [0.3, 0.4) is 0 Å². The second-order valence-electron chi connectivity index (χ2n) is 6.09. The third-order valence-electron chi connectivity index (χ3n) is 2.62. The SMILES string of the molecule is CCCCCCCC[CH-]C(C)(C)C.O=C(O)CC(=O)O.[H-].[Li+].[Na+]. The summed E-state index contributed by atoms with van der Waals surface area (Å²) in [5.74, 6) is -2.62. The van der Waals surface area contributed by atoms with Gasteiger partial charge in [-0.1, -0.05) is 66.2 Å². The van der Waals surface area contributed by atoms with Crippen LogP contribution < -0.4 is 48.4 Å². The van der Waals surface area contributed by atoms with Gasteiger partial charge in [-0.3, -0.25) is 9.59 Å². The van der Waals surface area contributed by atoms with Crippen LogP contribution in [-0.4, -0.2) is 22.2 Å². The van der Waals surface area contributed by atoms with E-state index in [2.05, 4.69) is 34.1 Å². The molecular weight excluding hydrogens is 286 g/mol. The first-order valence-corrected chi connectivity index (χ1v) is 7.47. The molecule has 0 bridgehead atoms. The molecule has 0 saturated carbocycles. The Balaban J connectivity index is -0.0000000945. The van der Waals surface area contributed by atoms with Gasteiger partial charge in [0.1, 0.15) is 6.42 Å². The molecule has 122 valence electrons. The minimum atomic E-state index is -1.31. The Bertz CT molecular complexity index is 259. The topological polar surface area (TPSA) is 74.6 Å². The molecule has 0 radical (unpaired) electrons. The van der Waals surface area contributed by atoms with Gasteiger partial charge < -0.3 is 18.1 Å². The minimum Gasteiger partial charge on any atom is -1.00 e. The summed E-state index contributed by atoms with van der Waals surface area (Å²) in [5.41, 5.74) is 0.420. The number of aliphatic carboxylic acids is 2. The summed E-state index contributed by atoms with van der Waals surface area (Å²) < 4.78 is 0. The van der Waals surface area contributed by atoms with Gasteiger partial charge in [-0.05, 0) is 0 Å². The average Bonchev–Trinajstić information content (AvgIpc) is 2.25. The second-order valence-corrected chi connectivity index (χ2v) is 6.09. The zero-order chi connectivity index (χ0) is 16.0. The predicted molar refractivity (Wildman–Crippen MR) is 82.7 cm³/mol. The van der Waals surface area contributed by atoms with Crippen LogP contribution in [0.4, 0.5) is 0 Å². The van der Waals surface area contributed by atoms with Gasteiger partial charge in [0.25, 0.3) is 0 Å². The van der Waals surface area contributed by atoms with Crippen LogP contribution in [0.2, 0.25) is 0 Å². The minimum absolute atomic E-state index is 0. The van der Waals surface area contributed by atoms with Crippen molar-refractivity contribution in [2.24, 2.45) is 5.41 Å². The molecule has 0 amide bonds. The van der Waals surface area contributed by atoms with Gasteiger partial charge in [-0.2, -0.15) is 11.8 Å². The number of carboxylic acids is 2. The molecule has 0 saturated heterocycles. The molecule has 22 heavy (non-hydrogen) atoms. The molecule has 0 fully saturated rings. The predicted octanol–water partition coefficient (Wildman–Crippen LogP) is -1.35. The summed E-state index contributed by atoms with van der Waals surface area (Å²) in [7, 11) is 0. The Hall–Kier alpha value is 0.537. The molecule has 6 heteroatoms. The smallest absolute Gasteiger partial charge is 1.00 e. The van der Waals surface area contributed by atoms with Crippen molar-refractivity contribution in [3.8, 4) is 0 Å². The summed E-state index contributed by atoms with van der Waals surface area (Å²) in [6.45, 7) is 9.12. The summed E-state index contributed by atoms with van der Waals surface area (Å²) >= 11 is 0. The van der Waals surface area contributed by atoms with Crippen molar-refractivity contribution in [3.63, 3.8) is 0 Å². The molecule has 0 unspecified atom stereocenters. The summed E-state index contributed by atoms with van der Waals surface area (Å²) in [6, 6.07) is 0. The Morgan fingerprint density at radius 3 is 1.68 bits per heavy atom. The van der Waals surface area contributed by atoms with Crippen LogP contribution in [-0.2, 0) is 9.59 Å². The largest absolute Gasteiger partial charge is 1.00 e. The maximum atomic E-state index is 9.43. The number of unbranched alkanes of at least 4 members (excludes halogenated alkanes) is 6. The molecular formula is C16H32LiNaO4. The van der Waals surface area contributed by atoms with Crippen molar-refractivity contribution >= 4 is 11.9 Å². The van der Waals surface area contributed by atoms with Crippen LogP contribution in [0.15, 0.2) is 0 Å². The summed E-state index contributed by atoms with van der Waals surface area (Å²) in [6.07, 6.45) is 11.4. The molecule has 0 aliphatic heterocycles. The maximum Gasteiger partial charge on any atom is 1.00 e. The Morgan fingerprint density at radius 1 is 0.955 bits per heavy atom. The van der Waals surface area contributed by atoms with Gasteiger partial charge in [0.2, 0.25) is 0 Å². The van der Waals surface area contributed by atoms with E-state index in [1.54, 1.807) is 0 Å². The Morgan fingerprint density at radius 2 is 1.36 bits per heavy atom. The fraction of sp³-hybridized carbons (Fsp3) is 0.812. The van der Waals surface area contributed by atoms with E-state index in [0.29, 0.717) is 5.41 Å². The van der Waals surface area contributed by atoms with Gasteiger partial charge in [0, 0.05) is 0 Å². The zero-order valence-corrected chi connectivity index (χ0v) is 17.4. The van der Waals surface area contributed by atoms with Crippen molar-refractivity contribution in [1.29, 1.82) is 0 Å². The van der Waals surface area contributed by atoms with Gasteiger partial charge in [0.15, 0.2) is 0 Å². The van der Waals surface area contributed by atoms with Crippen molar-refractivity contribution in [2.45, 2.75) is 79.1 Å². The second kappa shape index (κ2) is 19.6. The molecule has 0 aliphatic rings. The zero-order valence-electron chi connectivity index (χ0n) is 16.4. The third kappa shape index (κ3) is 37.1. The van der Waals surface area contributed by atoms with Crippen LogP contribution in [0.5, 0.6) is 0 Å². The third-order valence-corrected chi connectivity index (χ3v) is 2.62. The van der Waals surface area contributed by atoms with E-state index in [0.717, 1.165) is 0 Å². The fourth-order valence-corrected chi connectivity index (χ4v) is 1.59. The molecule has 0 aromatic heterocycles. The molecule has 0 aromatic carbocycles. The van der Waals surface area contributed by atoms with E-state index in [-0.39, 0.29) is 49.8 Å². The molecule has 4 nitrogen and oxygen atoms in total. The van der Waals surface area contributed by atoms with Crippen molar-refractivity contribution in [1.82, 2.24) is 0 Å². The molecule has 0 spiro atoms. The molecule has 2 N–H and O–H groups in total. The Kier molecular flexibility index (Phi) is 27.1. The monoisotopic (exact) mass is 318 g/mol. The van der Waals surface area contributed by atoms with E-state index in [1.165, 1.54) is 44.9 Å². The normalized spacial score (nSPS) is 9.64. The number of hydrogen-bond donors (Lipinski definition) is 2. The van der Waals surface area contributed by atoms with Gasteiger partial charge in [-0.25, -0.2) is 0 Å². The first kappa shape index (κ1) is 30.4. The van der Waals surface area contributed by atoms with Crippen LogP contribution in [0.1, 0.15) is 80.5 Å². The van der Waals surface area contributed by atoms with Crippen LogP contribution in [0, 0.1) is 11.8 Å². The van der Waals surface area contributed by atoms with Crippen LogP contribution >= 0.6 is 0 Å². The number of carbonyl (C=O) groups is 2. The van der Waals surface area contributed by atoms with Crippen molar-refractivity contribution in [2.75, 3.05) is 0 Å². The number of hydrogen-bond acceptors (Lipinski definition) is 2. The van der Waals surface area contributed by atoms with E-state index in [1.807, 2.05) is 0 Å². The Labute approximate surface area is 171 Å². The van der Waals surface area contributed by atoms with Crippen LogP contribution in [0.25, 0.3) is 0 Å². The molecule has 0 atom stereocenters. The van der Waals surface area contributed by atoms with Gasteiger partial charge >= 0.3 is 60.4 Å². The summed E-state index contributed by atoms with van der Waals surface area (Å²) in [5, 5.41) is 15.4. The molecule has 0 rings (SSSR count). The average molecular weight is 318 g/mol. The quantitative estimate of drug-likeness (QED) is 0.239. The van der Waals surface area contributed by atoms with E-state index >= 15 is 0 Å². The summed E-state index contributed by atoms with van der Waals surface area (Å²) in [4.78, 5) is 18.9. The van der Waals surface area contributed by atoms with E-state index in [4.69, 9.17) is 10.2 Å². The van der Waals surface area contributed by atoms with E-state index < -0.39 is 18.4 Å². The maximum absolute atomic E-state index is 9.43. The number of rotatable bonds is 9.